The maximum absolute atomic E-state index is 11.4. The highest BCUT2D eigenvalue weighted by Gasteiger charge is 2.38. The normalized spacial score (nSPS) is 16.5. The molecule has 18 heavy (non-hydrogen) atoms. The van der Waals surface area contributed by atoms with Crippen molar-refractivity contribution in [3.63, 3.8) is 0 Å². The van der Waals surface area contributed by atoms with E-state index in [4.69, 9.17) is 9.90 Å². The van der Waals surface area contributed by atoms with Crippen LogP contribution < -0.4 is 5.32 Å². The summed E-state index contributed by atoms with van der Waals surface area (Å²) in [5.41, 5.74) is 0. The van der Waals surface area contributed by atoms with Crippen molar-refractivity contribution in [3.8, 4) is 0 Å². The molecule has 0 aromatic rings. The number of aliphatic carboxylic acids is 1. The molecular weight excluding hydrogens is 253 g/mol. The van der Waals surface area contributed by atoms with Crippen LogP contribution in [0.3, 0.4) is 0 Å². The molecule has 2 N–H and O–H groups in total. The summed E-state index contributed by atoms with van der Waals surface area (Å²) in [4.78, 5) is 22.0. The van der Waals surface area contributed by atoms with Crippen molar-refractivity contribution in [1.29, 1.82) is 0 Å². The van der Waals surface area contributed by atoms with Crippen molar-refractivity contribution in [1.82, 2.24) is 10.2 Å². The quantitative estimate of drug-likeness (QED) is 0.736. The summed E-state index contributed by atoms with van der Waals surface area (Å²) in [7, 11) is 3.65. The lowest BCUT2D eigenvalue weighted by Gasteiger charge is -2.24. The lowest BCUT2D eigenvalue weighted by Crippen LogP contribution is -2.37. The van der Waals surface area contributed by atoms with Gasteiger partial charge in [-0.2, -0.15) is 13.2 Å². The molecule has 0 unspecified atom stereocenters. The van der Waals surface area contributed by atoms with Crippen molar-refractivity contribution in [3.05, 3.63) is 0 Å². The average Bonchev–Trinajstić information content (AvgIpc) is 2.28. The van der Waals surface area contributed by atoms with Gasteiger partial charge in [0.25, 0.3) is 0 Å². The Balaban J connectivity index is 0.000000360. The van der Waals surface area contributed by atoms with Gasteiger partial charge in [0.2, 0.25) is 5.91 Å². The number of carboxylic acid groups (broad SMARTS) is 1. The number of hydrogen-bond acceptors (Lipinski definition) is 3. The topological polar surface area (TPSA) is 69.6 Å². The minimum atomic E-state index is -5.08. The molecule has 5 nitrogen and oxygen atoms in total. The number of halogens is 3. The molecule has 0 radical (unpaired) electrons. The van der Waals surface area contributed by atoms with E-state index in [9.17, 15) is 18.0 Å². The first-order chi connectivity index (χ1) is 8.16. The van der Waals surface area contributed by atoms with Gasteiger partial charge in [-0.25, -0.2) is 4.79 Å². The molecule has 1 saturated heterocycles. The second kappa shape index (κ2) is 7.20. The minimum absolute atomic E-state index is 0.270. The summed E-state index contributed by atoms with van der Waals surface area (Å²) in [5, 5.41) is 10.4. The Bertz CT molecular complexity index is 287. The van der Waals surface area contributed by atoms with Crippen LogP contribution in [-0.4, -0.2) is 55.2 Å². The lowest BCUT2D eigenvalue weighted by atomic mass is 9.97. The zero-order valence-corrected chi connectivity index (χ0v) is 10.3. The molecule has 1 heterocycles. The molecule has 0 saturated carbocycles. The maximum Gasteiger partial charge on any atom is 0.490 e. The Morgan fingerprint density at radius 2 is 1.61 bits per heavy atom. The number of carbonyl (C=O) groups is 2. The fourth-order valence-electron chi connectivity index (χ4n) is 1.43. The first kappa shape index (κ1) is 16.7. The van der Waals surface area contributed by atoms with Crippen LogP contribution >= 0.6 is 0 Å². The largest absolute Gasteiger partial charge is 0.490 e. The van der Waals surface area contributed by atoms with Crippen LogP contribution in [0, 0.1) is 5.92 Å². The fourth-order valence-corrected chi connectivity index (χ4v) is 1.43. The van der Waals surface area contributed by atoms with Gasteiger partial charge < -0.3 is 15.3 Å². The van der Waals surface area contributed by atoms with E-state index in [1.54, 1.807) is 4.90 Å². The highest BCUT2D eigenvalue weighted by atomic mass is 19.4. The summed E-state index contributed by atoms with van der Waals surface area (Å²) in [6.07, 6.45) is -3.09. The number of piperidine rings is 1. The number of nitrogens with zero attached hydrogens (tertiary/aromatic N) is 1. The Morgan fingerprint density at radius 1 is 1.22 bits per heavy atom. The number of alkyl halides is 3. The lowest BCUT2D eigenvalue weighted by molar-refractivity contribution is -0.192. The molecule has 0 spiro atoms. The minimum Gasteiger partial charge on any atom is -0.475 e. The summed E-state index contributed by atoms with van der Waals surface area (Å²) >= 11 is 0. The van der Waals surface area contributed by atoms with Gasteiger partial charge in [0.1, 0.15) is 0 Å². The van der Waals surface area contributed by atoms with E-state index >= 15 is 0 Å². The SMILES string of the molecule is CN(C)C(=O)C1CCNCC1.O=C(O)C(F)(F)F. The highest BCUT2D eigenvalue weighted by molar-refractivity contribution is 5.78. The smallest absolute Gasteiger partial charge is 0.475 e. The summed E-state index contributed by atoms with van der Waals surface area (Å²) in [5.74, 6) is -2.20. The van der Waals surface area contributed by atoms with Crippen molar-refractivity contribution in [2.45, 2.75) is 19.0 Å². The molecular formula is C10H17F3N2O3. The monoisotopic (exact) mass is 270 g/mol. The van der Waals surface area contributed by atoms with E-state index in [2.05, 4.69) is 5.32 Å². The molecule has 106 valence electrons. The van der Waals surface area contributed by atoms with Crippen molar-refractivity contribution in [2.24, 2.45) is 5.92 Å². The first-order valence-electron chi connectivity index (χ1n) is 5.38. The van der Waals surface area contributed by atoms with E-state index in [0.717, 1.165) is 25.9 Å². The van der Waals surface area contributed by atoms with Crippen LogP contribution in [0.5, 0.6) is 0 Å². The molecule has 8 heteroatoms. The van der Waals surface area contributed by atoms with E-state index < -0.39 is 12.1 Å². The van der Waals surface area contributed by atoms with Gasteiger partial charge in [-0.15, -0.1) is 0 Å². The number of amides is 1. The van der Waals surface area contributed by atoms with Crippen molar-refractivity contribution in [2.75, 3.05) is 27.2 Å². The predicted octanol–water partition coefficient (Wildman–Crippen LogP) is 0.707. The molecule has 1 rings (SSSR count). The number of carboxylic acids is 1. The van der Waals surface area contributed by atoms with Crippen LogP contribution in [0.1, 0.15) is 12.8 Å². The van der Waals surface area contributed by atoms with Gasteiger partial charge in [0, 0.05) is 20.0 Å². The van der Waals surface area contributed by atoms with Crippen LogP contribution in [0.2, 0.25) is 0 Å². The molecule has 0 aliphatic carbocycles. The van der Waals surface area contributed by atoms with Gasteiger partial charge in [-0.1, -0.05) is 0 Å². The highest BCUT2D eigenvalue weighted by Crippen LogP contribution is 2.13. The van der Waals surface area contributed by atoms with Gasteiger partial charge in [-0.05, 0) is 25.9 Å². The number of hydrogen-bond donors (Lipinski definition) is 2. The molecule has 0 atom stereocenters. The standard InChI is InChI=1S/C8H16N2O.C2HF3O2/c1-10(2)8(11)7-3-5-9-6-4-7;3-2(4,5)1(6)7/h7,9H,3-6H2,1-2H3;(H,6,7). The van der Waals surface area contributed by atoms with E-state index in [1.807, 2.05) is 14.1 Å². The van der Waals surface area contributed by atoms with Crippen molar-refractivity contribution >= 4 is 11.9 Å². The Labute approximate surface area is 103 Å². The summed E-state index contributed by atoms with van der Waals surface area (Å²) < 4.78 is 31.7. The molecule has 0 aromatic carbocycles. The van der Waals surface area contributed by atoms with E-state index in [0.29, 0.717) is 0 Å². The molecule has 0 aromatic heterocycles. The Hall–Kier alpha value is -1.31. The van der Waals surface area contributed by atoms with Gasteiger partial charge in [-0.3, -0.25) is 4.79 Å². The van der Waals surface area contributed by atoms with Crippen LogP contribution in [0.15, 0.2) is 0 Å². The van der Waals surface area contributed by atoms with Crippen LogP contribution in [0.25, 0.3) is 0 Å². The maximum atomic E-state index is 11.4. The Morgan fingerprint density at radius 3 is 1.89 bits per heavy atom. The number of nitrogens with one attached hydrogen (secondary N) is 1. The number of rotatable bonds is 1. The summed E-state index contributed by atoms with van der Waals surface area (Å²) in [6.45, 7) is 1.98. The van der Waals surface area contributed by atoms with Crippen molar-refractivity contribution < 1.29 is 27.9 Å². The fraction of sp³-hybridized carbons (Fsp3) is 0.800. The number of carbonyl (C=O) groups excluding carboxylic acids is 1. The molecule has 1 fully saturated rings. The van der Waals surface area contributed by atoms with Gasteiger partial charge in [0.15, 0.2) is 0 Å². The molecule has 0 bridgehead atoms. The zero-order chi connectivity index (χ0) is 14.3. The van der Waals surface area contributed by atoms with Crippen LogP contribution in [0.4, 0.5) is 13.2 Å². The third-order valence-corrected chi connectivity index (χ3v) is 2.37. The first-order valence-corrected chi connectivity index (χ1v) is 5.38. The third-order valence-electron chi connectivity index (χ3n) is 2.37. The second-order valence-electron chi connectivity index (χ2n) is 4.06. The zero-order valence-electron chi connectivity index (χ0n) is 10.3. The van der Waals surface area contributed by atoms with E-state index in [-0.39, 0.29) is 11.8 Å². The Kier molecular flexibility index (Phi) is 6.67. The van der Waals surface area contributed by atoms with Gasteiger partial charge in [0.05, 0.1) is 0 Å². The van der Waals surface area contributed by atoms with Crippen LogP contribution in [-0.2, 0) is 9.59 Å². The predicted molar refractivity (Wildman–Crippen MR) is 58.0 cm³/mol. The third kappa shape index (κ3) is 6.43. The second-order valence-corrected chi connectivity index (χ2v) is 4.06. The molecule has 1 amide bonds. The average molecular weight is 270 g/mol. The van der Waals surface area contributed by atoms with Gasteiger partial charge >= 0.3 is 12.1 Å². The van der Waals surface area contributed by atoms with E-state index in [1.165, 1.54) is 0 Å². The molecule has 1 aliphatic heterocycles. The summed E-state index contributed by atoms with van der Waals surface area (Å²) in [6, 6.07) is 0. The molecule has 1 aliphatic rings.